The van der Waals surface area contributed by atoms with Gasteiger partial charge in [-0.05, 0) is 37.5 Å². The summed E-state index contributed by atoms with van der Waals surface area (Å²) in [7, 11) is 0. The Morgan fingerprint density at radius 2 is 2.32 bits per heavy atom. The first-order chi connectivity index (χ1) is 9.20. The molecule has 0 spiro atoms. The molecule has 0 fully saturated rings. The molecule has 5 nitrogen and oxygen atoms in total. The second-order valence-electron chi connectivity index (χ2n) is 4.25. The molecule has 102 valence electrons. The van der Waals surface area contributed by atoms with Gasteiger partial charge in [0, 0.05) is 18.0 Å². The van der Waals surface area contributed by atoms with E-state index in [9.17, 15) is 4.79 Å². The number of nitrogens with one attached hydrogen (secondary N) is 1. The van der Waals surface area contributed by atoms with Crippen LogP contribution in [0.15, 0.2) is 34.2 Å². The molecule has 1 aromatic heterocycles. The average molecular weight is 278 g/mol. The first-order valence-corrected chi connectivity index (χ1v) is 7.31. The Morgan fingerprint density at radius 1 is 1.47 bits per heavy atom. The standard InChI is InChI=1S/C13H18N4OS/c1-2-17-12(18)15-16-13(17)19-8-4-6-10-5-3-7-11(14)9-10/h3,5,7,9H,2,4,6,8,14H2,1H3,(H,15,18). The Balaban J connectivity index is 1.82. The van der Waals surface area contributed by atoms with Gasteiger partial charge in [0.25, 0.3) is 0 Å². The maximum atomic E-state index is 11.4. The summed E-state index contributed by atoms with van der Waals surface area (Å²) in [5.41, 5.74) is 7.65. The quantitative estimate of drug-likeness (QED) is 0.480. The lowest BCUT2D eigenvalue weighted by molar-refractivity contribution is 0.660. The number of aryl methyl sites for hydroxylation is 1. The van der Waals surface area contributed by atoms with Gasteiger partial charge >= 0.3 is 5.69 Å². The minimum absolute atomic E-state index is 0.138. The second-order valence-corrected chi connectivity index (χ2v) is 5.31. The summed E-state index contributed by atoms with van der Waals surface area (Å²) in [6.45, 7) is 2.58. The topological polar surface area (TPSA) is 76.7 Å². The number of rotatable bonds is 6. The van der Waals surface area contributed by atoms with Gasteiger partial charge in [0.15, 0.2) is 5.16 Å². The minimum atomic E-state index is -0.138. The molecule has 0 amide bonds. The first kappa shape index (κ1) is 13.7. The van der Waals surface area contributed by atoms with Crippen molar-refractivity contribution < 1.29 is 0 Å². The van der Waals surface area contributed by atoms with Crippen molar-refractivity contribution in [2.45, 2.75) is 31.5 Å². The number of nitrogens with two attached hydrogens (primary N) is 1. The van der Waals surface area contributed by atoms with Crippen molar-refractivity contribution in [2.75, 3.05) is 11.5 Å². The molecule has 0 radical (unpaired) electrons. The van der Waals surface area contributed by atoms with E-state index in [-0.39, 0.29) is 5.69 Å². The van der Waals surface area contributed by atoms with Crippen LogP contribution in [0.3, 0.4) is 0 Å². The molecule has 0 aliphatic carbocycles. The molecule has 2 aromatic rings. The van der Waals surface area contributed by atoms with Crippen LogP contribution in [-0.2, 0) is 13.0 Å². The molecular formula is C13H18N4OS. The van der Waals surface area contributed by atoms with Crippen LogP contribution in [0.4, 0.5) is 5.69 Å². The summed E-state index contributed by atoms with van der Waals surface area (Å²) in [5, 5.41) is 7.25. The van der Waals surface area contributed by atoms with Gasteiger partial charge in [-0.3, -0.25) is 4.57 Å². The minimum Gasteiger partial charge on any atom is -0.399 e. The van der Waals surface area contributed by atoms with Crippen LogP contribution >= 0.6 is 11.8 Å². The lowest BCUT2D eigenvalue weighted by Gasteiger charge is -2.03. The fourth-order valence-corrected chi connectivity index (χ4v) is 2.83. The number of hydrogen-bond acceptors (Lipinski definition) is 4. The summed E-state index contributed by atoms with van der Waals surface area (Å²) in [5.74, 6) is 0.930. The summed E-state index contributed by atoms with van der Waals surface area (Å²) >= 11 is 1.61. The highest BCUT2D eigenvalue weighted by Gasteiger charge is 2.06. The predicted octanol–water partition coefficient (Wildman–Crippen LogP) is 1.90. The highest BCUT2D eigenvalue weighted by molar-refractivity contribution is 7.99. The van der Waals surface area contributed by atoms with Crippen LogP contribution in [-0.4, -0.2) is 20.5 Å². The fourth-order valence-electron chi connectivity index (χ4n) is 1.88. The number of nitrogens with zero attached hydrogens (tertiary/aromatic N) is 2. The molecule has 0 saturated heterocycles. The Morgan fingerprint density at radius 3 is 3.05 bits per heavy atom. The third-order valence-corrected chi connectivity index (χ3v) is 3.89. The average Bonchev–Trinajstić information content (AvgIpc) is 2.75. The summed E-state index contributed by atoms with van der Waals surface area (Å²) in [4.78, 5) is 11.4. The zero-order valence-corrected chi connectivity index (χ0v) is 11.7. The van der Waals surface area contributed by atoms with Gasteiger partial charge in [-0.1, -0.05) is 23.9 Å². The Labute approximate surface area is 116 Å². The van der Waals surface area contributed by atoms with E-state index in [0.29, 0.717) is 6.54 Å². The molecule has 0 unspecified atom stereocenters. The molecule has 3 N–H and O–H groups in total. The van der Waals surface area contributed by atoms with Gasteiger partial charge in [0.05, 0.1) is 0 Å². The van der Waals surface area contributed by atoms with Crippen molar-refractivity contribution in [2.24, 2.45) is 0 Å². The van der Waals surface area contributed by atoms with E-state index in [1.54, 1.807) is 16.3 Å². The molecule has 0 aliphatic heterocycles. The number of H-pyrrole nitrogens is 1. The van der Waals surface area contributed by atoms with Crippen LogP contribution in [0.2, 0.25) is 0 Å². The highest BCUT2D eigenvalue weighted by Crippen LogP contribution is 2.16. The van der Waals surface area contributed by atoms with E-state index in [0.717, 1.165) is 29.4 Å². The van der Waals surface area contributed by atoms with E-state index in [4.69, 9.17) is 5.73 Å². The maximum Gasteiger partial charge on any atom is 0.343 e. The van der Waals surface area contributed by atoms with Crippen LogP contribution in [0.5, 0.6) is 0 Å². The molecular weight excluding hydrogens is 260 g/mol. The van der Waals surface area contributed by atoms with Gasteiger partial charge < -0.3 is 5.73 Å². The third kappa shape index (κ3) is 3.64. The van der Waals surface area contributed by atoms with E-state index in [1.807, 2.05) is 25.1 Å². The SMILES string of the molecule is CCn1c(SCCCc2cccc(N)c2)n[nH]c1=O. The van der Waals surface area contributed by atoms with Crippen molar-refractivity contribution >= 4 is 17.4 Å². The molecule has 0 bridgehead atoms. The Hall–Kier alpha value is -1.69. The van der Waals surface area contributed by atoms with Gasteiger partial charge in [0.2, 0.25) is 0 Å². The number of benzene rings is 1. The lowest BCUT2D eigenvalue weighted by Crippen LogP contribution is -2.16. The number of aromatic amines is 1. The van der Waals surface area contributed by atoms with Gasteiger partial charge in [0.1, 0.15) is 0 Å². The maximum absolute atomic E-state index is 11.4. The number of nitrogen functional groups attached to an aromatic ring is 1. The first-order valence-electron chi connectivity index (χ1n) is 6.33. The van der Waals surface area contributed by atoms with Crippen LogP contribution < -0.4 is 11.4 Å². The number of anilines is 1. The number of aromatic nitrogens is 3. The van der Waals surface area contributed by atoms with Crippen molar-refractivity contribution in [3.05, 3.63) is 40.3 Å². The lowest BCUT2D eigenvalue weighted by atomic mass is 10.1. The largest absolute Gasteiger partial charge is 0.399 e. The fraction of sp³-hybridized carbons (Fsp3) is 0.385. The number of hydrogen-bond donors (Lipinski definition) is 2. The van der Waals surface area contributed by atoms with Crippen molar-refractivity contribution in [1.29, 1.82) is 0 Å². The zero-order valence-electron chi connectivity index (χ0n) is 10.9. The van der Waals surface area contributed by atoms with Gasteiger partial charge in [-0.2, -0.15) is 0 Å². The summed E-state index contributed by atoms with van der Waals surface area (Å²) in [6.07, 6.45) is 2.01. The molecule has 2 rings (SSSR count). The third-order valence-electron chi connectivity index (χ3n) is 2.83. The molecule has 0 atom stereocenters. The van der Waals surface area contributed by atoms with Gasteiger partial charge in [-0.25, -0.2) is 9.89 Å². The van der Waals surface area contributed by atoms with Gasteiger partial charge in [-0.15, -0.1) is 5.10 Å². The van der Waals surface area contributed by atoms with Crippen LogP contribution in [0.1, 0.15) is 18.9 Å². The number of thioether (sulfide) groups is 1. The van der Waals surface area contributed by atoms with Crippen LogP contribution in [0, 0.1) is 0 Å². The smallest absolute Gasteiger partial charge is 0.343 e. The molecule has 0 aliphatic rings. The van der Waals surface area contributed by atoms with Crippen molar-refractivity contribution in [1.82, 2.24) is 14.8 Å². The van der Waals surface area contributed by atoms with Crippen molar-refractivity contribution in [3.63, 3.8) is 0 Å². The van der Waals surface area contributed by atoms with Crippen molar-refractivity contribution in [3.8, 4) is 0 Å². The second kappa shape index (κ2) is 6.47. The van der Waals surface area contributed by atoms with E-state index < -0.39 is 0 Å². The molecule has 1 heterocycles. The molecule has 1 aromatic carbocycles. The Bertz CT molecular complexity index is 590. The van der Waals surface area contributed by atoms with E-state index in [2.05, 4.69) is 16.3 Å². The molecule has 19 heavy (non-hydrogen) atoms. The molecule has 0 saturated carbocycles. The van der Waals surface area contributed by atoms with E-state index in [1.165, 1.54) is 5.56 Å². The zero-order chi connectivity index (χ0) is 13.7. The van der Waals surface area contributed by atoms with Crippen LogP contribution in [0.25, 0.3) is 0 Å². The molecule has 6 heteroatoms. The Kier molecular flexibility index (Phi) is 4.68. The predicted molar refractivity (Wildman–Crippen MR) is 78.4 cm³/mol. The van der Waals surface area contributed by atoms with E-state index >= 15 is 0 Å². The normalized spacial score (nSPS) is 10.8. The monoisotopic (exact) mass is 278 g/mol. The summed E-state index contributed by atoms with van der Waals surface area (Å²) < 4.78 is 1.64. The summed E-state index contributed by atoms with van der Waals surface area (Å²) in [6, 6.07) is 7.95. The highest BCUT2D eigenvalue weighted by atomic mass is 32.2.